The number of hydrogen-bond acceptors (Lipinski definition) is 8. The topological polar surface area (TPSA) is 86.6 Å². The van der Waals surface area contributed by atoms with Crippen molar-refractivity contribution in [2.45, 2.75) is 90.5 Å². The number of anilines is 3. The molecule has 3 fully saturated rings. The highest BCUT2D eigenvalue weighted by atomic mass is 16.3. The second-order valence-electron chi connectivity index (χ2n) is 18.1. The average molecular weight is 773 g/mol. The van der Waals surface area contributed by atoms with Crippen molar-refractivity contribution in [3.63, 3.8) is 0 Å². The number of likely N-dealkylation sites (N-methyl/N-ethyl adjacent to an activating group) is 2. The van der Waals surface area contributed by atoms with Crippen LogP contribution in [0.5, 0.6) is 0 Å². The van der Waals surface area contributed by atoms with Crippen molar-refractivity contribution in [2.24, 2.45) is 5.41 Å². The number of aromatic nitrogens is 1. The fourth-order valence-corrected chi connectivity index (χ4v) is 9.51. The highest BCUT2D eigenvalue weighted by Crippen LogP contribution is 2.52. The fourth-order valence-electron chi connectivity index (χ4n) is 9.51. The van der Waals surface area contributed by atoms with Crippen molar-refractivity contribution >= 4 is 23.0 Å². The zero-order valence-corrected chi connectivity index (χ0v) is 35.4. The van der Waals surface area contributed by atoms with E-state index in [9.17, 15) is 10.2 Å². The Morgan fingerprint density at radius 3 is 1.79 bits per heavy atom. The van der Waals surface area contributed by atoms with Gasteiger partial charge in [0.05, 0.1) is 16.7 Å². The van der Waals surface area contributed by atoms with E-state index in [1.807, 2.05) is 41.4 Å². The van der Waals surface area contributed by atoms with Gasteiger partial charge in [0.25, 0.3) is 0 Å². The van der Waals surface area contributed by atoms with Gasteiger partial charge in [-0.15, -0.1) is 0 Å². The van der Waals surface area contributed by atoms with Crippen molar-refractivity contribution in [3.05, 3.63) is 119 Å². The lowest BCUT2D eigenvalue weighted by Gasteiger charge is -2.44. The molecule has 0 saturated carbocycles. The molecule has 3 aromatic carbocycles. The number of carbonyl (C=O) groups excluding carboxylic acids is 1. The standard InChI is InChI=1S/C48H64N6O3/c1-9-51-24-26-52(27-25-51)42-16-12-10-14-36(42)28-48(29-37-15-11-13-17-43(37)53-31-34(2)50(8)35(3)32-53)41(38-18-23-44(49-30-38)47(6,7)57)33-54(45(48)55)40-21-19-39(20-22-40)46(4,5)56/h10-23,30,34-35,41,56-57H,9,24-29,31-33H2,1-8H3/t34-,35+,41?,48?. The molecule has 3 saturated heterocycles. The molecule has 4 aromatic rings. The number of piperazine rings is 2. The molecule has 3 aliphatic heterocycles. The molecule has 3 aliphatic rings. The minimum atomic E-state index is -1.09. The molecule has 9 nitrogen and oxygen atoms in total. The molecular weight excluding hydrogens is 709 g/mol. The van der Waals surface area contributed by atoms with Crippen LogP contribution in [0.3, 0.4) is 0 Å². The Morgan fingerprint density at radius 1 is 0.719 bits per heavy atom. The summed E-state index contributed by atoms with van der Waals surface area (Å²) in [6, 6.07) is 30.1. The largest absolute Gasteiger partial charge is 0.386 e. The number of hydrogen-bond donors (Lipinski definition) is 2. The quantitative estimate of drug-likeness (QED) is 0.172. The third-order valence-corrected chi connectivity index (χ3v) is 13.3. The van der Waals surface area contributed by atoms with Crippen LogP contribution in [-0.2, 0) is 28.8 Å². The summed E-state index contributed by atoms with van der Waals surface area (Å²) in [5.74, 6) is -0.124. The summed E-state index contributed by atoms with van der Waals surface area (Å²) in [5, 5.41) is 21.7. The van der Waals surface area contributed by atoms with Gasteiger partial charge in [-0.3, -0.25) is 14.7 Å². The molecule has 4 atom stereocenters. The number of pyridine rings is 1. The minimum absolute atomic E-state index is 0.0931. The summed E-state index contributed by atoms with van der Waals surface area (Å²) >= 11 is 0. The minimum Gasteiger partial charge on any atom is -0.386 e. The Kier molecular flexibility index (Phi) is 11.6. The van der Waals surface area contributed by atoms with E-state index in [-0.39, 0.29) is 11.8 Å². The van der Waals surface area contributed by atoms with Crippen LogP contribution in [0, 0.1) is 5.41 Å². The number of nitrogens with zero attached hydrogens (tertiary/aromatic N) is 6. The molecule has 0 aliphatic carbocycles. The fraction of sp³-hybridized carbons (Fsp3) is 0.500. The van der Waals surface area contributed by atoms with Gasteiger partial charge in [0.1, 0.15) is 5.60 Å². The van der Waals surface area contributed by atoms with Crippen LogP contribution in [0.1, 0.15) is 82.3 Å². The van der Waals surface area contributed by atoms with E-state index in [1.165, 1.54) is 22.5 Å². The number of amides is 1. The Bertz CT molecular complexity index is 1980. The number of para-hydroxylation sites is 2. The first-order chi connectivity index (χ1) is 27.1. The van der Waals surface area contributed by atoms with Crippen LogP contribution in [0.15, 0.2) is 91.1 Å². The van der Waals surface area contributed by atoms with Gasteiger partial charge in [-0.2, -0.15) is 0 Å². The summed E-state index contributed by atoms with van der Waals surface area (Å²) < 4.78 is 0. The Balaban J connectivity index is 1.39. The molecule has 304 valence electrons. The maximum absolute atomic E-state index is 15.9. The molecular formula is C48H64N6O3. The van der Waals surface area contributed by atoms with Crippen molar-refractivity contribution in [1.29, 1.82) is 0 Å². The first-order valence-corrected chi connectivity index (χ1v) is 21.0. The van der Waals surface area contributed by atoms with Crippen molar-refractivity contribution in [3.8, 4) is 0 Å². The van der Waals surface area contributed by atoms with E-state index >= 15 is 4.79 Å². The van der Waals surface area contributed by atoms with Gasteiger partial charge < -0.3 is 29.8 Å². The van der Waals surface area contributed by atoms with Gasteiger partial charge in [-0.05, 0) is 121 Å². The summed E-state index contributed by atoms with van der Waals surface area (Å²) in [6.45, 7) is 21.2. The van der Waals surface area contributed by atoms with E-state index in [1.54, 1.807) is 27.7 Å². The van der Waals surface area contributed by atoms with E-state index in [4.69, 9.17) is 4.98 Å². The molecule has 2 unspecified atom stereocenters. The average Bonchev–Trinajstić information content (AvgIpc) is 3.47. The van der Waals surface area contributed by atoms with Gasteiger partial charge in [-0.1, -0.05) is 61.5 Å². The van der Waals surface area contributed by atoms with Gasteiger partial charge in [-0.25, -0.2) is 0 Å². The highest BCUT2D eigenvalue weighted by Gasteiger charge is 2.55. The van der Waals surface area contributed by atoms with Crippen LogP contribution in [0.4, 0.5) is 17.1 Å². The van der Waals surface area contributed by atoms with E-state index in [0.717, 1.165) is 62.6 Å². The number of carbonyl (C=O) groups is 1. The van der Waals surface area contributed by atoms with Crippen LogP contribution in [-0.4, -0.2) is 102 Å². The number of aliphatic hydroxyl groups is 2. The van der Waals surface area contributed by atoms with Crippen molar-refractivity contribution in [1.82, 2.24) is 14.8 Å². The number of rotatable bonds is 11. The Morgan fingerprint density at radius 2 is 1.28 bits per heavy atom. The van der Waals surface area contributed by atoms with Gasteiger partial charge in [0.15, 0.2) is 0 Å². The summed E-state index contributed by atoms with van der Waals surface area (Å²) in [6.07, 6.45) is 2.99. The molecule has 4 heterocycles. The van der Waals surface area contributed by atoms with Crippen LogP contribution in [0.25, 0.3) is 0 Å². The molecule has 0 spiro atoms. The molecule has 57 heavy (non-hydrogen) atoms. The first kappa shape index (κ1) is 40.9. The van der Waals surface area contributed by atoms with E-state index < -0.39 is 16.6 Å². The van der Waals surface area contributed by atoms with Crippen molar-refractivity contribution < 1.29 is 15.0 Å². The molecule has 0 bridgehead atoms. The molecule has 2 N–H and O–H groups in total. The second-order valence-corrected chi connectivity index (χ2v) is 18.1. The third-order valence-electron chi connectivity index (χ3n) is 13.3. The number of benzene rings is 3. The monoisotopic (exact) mass is 773 g/mol. The zero-order valence-electron chi connectivity index (χ0n) is 35.4. The van der Waals surface area contributed by atoms with Gasteiger partial charge in [0, 0.05) is 87.1 Å². The maximum atomic E-state index is 15.9. The van der Waals surface area contributed by atoms with Gasteiger partial charge >= 0.3 is 0 Å². The predicted octanol–water partition coefficient (Wildman–Crippen LogP) is 6.81. The van der Waals surface area contributed by atoms with Crippen LogP contribution >= 0.6 is 0 Å². The summed E-state index contributed by atoms with van der Waals surface area (Å²) in [7, 11) is 2.22. The van der Waals surface area contributed by atoms with Crippen LogP contribution < -0.4 is 14.7 Å². The molecule has 7 rings (SSSR count). The molecule has 9 heteroatoms. The molecule has 1 aromatic heterocycles. The first-order valence-electron chi connectivity index (χ1n) is 21.0. The van der Waals surface area contributed by atoms with Crippen molar-refractivity contribution in [2.75, 3.05) is 74.1 Å². The van der Waals surface area contributed by atoms with E-state index in [0.29, 0.717) is 37.2 Å². The lowest BCUT2D eigenvalue weighted by Crippen LogP contribution is -2.55. The smallest absolute Gasteiger partial charge is 0.234 e. The lowest BCUT2D eigenvalue weighted by atomic mass is 9.66. The molecule has 1 amide bonds. The zero-order chi connectivity index (χ0) is 40.7. The summed E-state index contributed by atoms with van der Waals surface area (Å²) in [4.78, 5) is 32.7. The van der Waals surface area contributed by atoms with Gasteiger partial charge in [0.2, 0.25) is 5.91 Å². The van der Waals surface area contributed by atoms with Crippen LogP contribution in [0.2, 0.25) is 0 Å². The van der Waals surface area contributed by atoms with E-state index in [2.05, 4.69) is 102 Å². The lowest BCUT2D eigenvalue weighted by molar-refractivity contribution is -0.126. The second kappa shape index (κ2) is 16.2. The maximum Gasteiger partial charge on any atom is 0.234 e. The predicted molar refractivity (Wildman–Crippen MR) is 232 cm³/mol. The summed E-state index contributed by atoms with van der Waals surface area (Å²) in [5.41, 5.74) is 4.99. The highest BCUT2D eigenvalue weighted by molar-refractivity contribution is 6.02. The molecule has 0 radical (unpaired) electrons. The Hall–Kier alpha value is -4.28. The Labute approximate surface area is 340 Å². The third kappa shape index (κ3) is 8.35. The SMILES string of the molecule is CCN1CCN(c2ccccc2CC2(Cc3ccccc3N3C[C@@H](C)N(C)[C@@H](C)C3)C(=O)N(c3ccc(C(C)(C)O)cc3)CC2c2ccc(C(C)(C)O)nc2)CC1. The normalized spacial score (nSPS) is 24.1.